The number of halogens is 1. The highest BCUT2D eigenvalue weighted by Gasteiger charge is 2.08. The van der Waals surface area contributed by atoms with E-state index < -0.39 is 5.91 Å². The minimum atomic E-state index is -0.493. The second-order valence-electron chi connectivity index (χ2n) is 5.18. The van der Waals surface area contributed by atoms with Crippen molar-refractivity contribution in [1.82, 2.24) is 10.9 Å². The number of rotatable bonds is 7. The Kier molecular flexibility index (Phi) is 7.10. The van der Waals surface area contributed by atoms with E-state index in [2.05, 4.69) is 10.9 Å². The molecule has 0 heterocycles. The molecule has 2 rings (SSSR count). The van der Waals surface area contributed by atoms with Gasteiger partial charge in [-0.2, -0.15) is 0 Å². The van der Waals surface area contributed by atoms with Crippen molar-refractivity contribution in [2.24, 2.45) is 0 Å². The summed E-state index contributed by atoms with van der Waals surface area (Å²) in [5, 5.41) is 0.410. The third-order valence-electron chi connectivity index (χ3n) is 3.22. The molecule has 0 aliphatic carbocycles. The van der Waals surface area contributed by atoms with Gasteiger partial charge in [-0.25, -0.2) is 0 Å². The molecule has 7 heteroatoms. The van der Waals surface area contributed by atoms with E-state index in [0.717, 1.165) is 11.3 Å². The molecule has 0 unspecified atom stereocenters. The lowest BCUT2D eigenvalue weighted by Gasteiger charge is -2.11. The second kappa shape index (κ2) is 9.54. The van der Waals surface area contributed by atoms with Gasteiger partial charge in [0.05, 0.1) is 18.1 Å². The Morgan fingerprint density at radius 3 is 2.28 bits per heavy atom. The number of para-hydroxylation sites is 2. The minimum Gasteiger partial charge on any atom is -0.493 e. The zero-order valence-electron chi connectivity index (χ0n) is 13.8. The van der Waals surface area contributed by atoms with Crippen molar-refractivity contribution in [3.8, 4) is 11.5 Å². The number of hydrazine groups is 1. The molecule has 0 fully saturated rings. The summed E-state index contributed by atoms with van der Waals surface area (Å²) in [6.07, 6.45) is 0.111. The van der Waals surface area contributed by atoms with Crippen LogP contribution in [-0.4, -0.2) is 25.0 Å². The maximum atomic E-state index is 11.7. The molecule has 25 heavy (non-hydrogen) atoms. The third kappa shape index (κ3) is 6.35. The molecular formula is C18H19ClN2O4. The smallest absolute Gasteiger partial charge is 0.276 e. The molecular weight excluding hydrogens is 344 g/mol. The summed E-state index contributed by atoms with van der Waals surface area (Å²) in [6, 6.07) is 14.3. The minimum absolute atomic E-state index is 0.111. The van der Waals surface area contributed by atoms with Crippen LogP contribution in [0.4, 0.5) is 0 Å². The Labute approximate surface area is 151 Å². The Morgan fingerprint density at radius 1 is 0.920 bits per heavy atom. The van der Waals surface area contributed by atoms with Crippen LogP contribution < -0.4 is 20.3 Å². The van der Waals surface area contributed by atoms with Gasteiger partial charge in [-0.15, -0.1) is 0 Å². The molecule has 132 valence electrons. The van der Waals surface area contributed by atoms with Gasteiger partial charge in [0.15, 0.2) is 6.61 Å². The summed E-state index contributed by atoms with van der Waals surface area (Å²) in [5.41, 5.74) is 5.57. The first-order chi connectivity index (χ1) is 12.1. The van der Waals surface area contributed by atoms with Crippen molar-refractivity contribution in [2.45, 2.75) is 13.3 Å². The third-order valence-corrected chi connectivity index (χ3v) is 3.53. The van der Waals surface area contributed by atoms with Crippen LogP contribution in [0.2, 0.25) is 5.02 Å². The molecule has 0 saturated heterocycles. The predicted octanol–water partition coefficient (Wildman–Crippen LogP) is 2.64. The largest absolute Gasteiger partial charge is 0.493 e. The number of ether oxygens (including phenoxy) is 2. The van der Waals surface area contributed by atoms with Gasteiger partial charge in [0.2, 0.25) is 5.91 Å². The monoisotopic (exact) mass is 362 g/mol. The zero-order valence-corrected chi connectivity index (χ0v) is 14.5. The average Bonchev–Trinajstić information content (AvgIpc) is 2.61. The van der Waals surface area contributed by atoms with Crippen LogP contribution >= 0.6 is 11.6 Å². The van der Waals surface area contributed by atoms with E-state index in [1.54, 1.807) is 24.3 Å². The van der Waals surface area contributed by atoms with Crippen molar-refractivity contribution in [2.75, 3.05) is 13.2 Å². The standard InChI is InChI=1S/C18H19ClN2O4/c1-13-6-2-4-8-15(13)24-11-10-17(22)20-21-18(23)12-25-16-9-5-3-7-14(16)19/h2-9H,10-12H2,1H3,(H,20,22)(H,21,23). The van der Waals surface area contributed by atoms with E-state index in [1.165, 1.54) is 0 Å². The SMILES string of the molecule is Cc1ccccc1OCCC(=O)NNC(=O)COc1ccccc1Cl. The van der Waals surface area contributed by atoms with Crippen LogP contribution in [0.25, 0.3) is 0 Å². The Bertz CT molecular complexity index is 737. The van der Waals surface area contributed by atoms with Crippen molar-refractivity contribution in [3.63, 3.8) is 0 Å². The molecule has 0 spiro atoms. The molecule has 0 saturated carbocycles. The molecule has 0 bridgehead atoms. The van der Waals surface area contributed by atoms with Gasteiger partial charge in [-0.05, 0) is 30.7 Å². The lowest BCUT2D eigenvalue weighted by molar-refractivity contribution is -0.130. The summed E-state index contributed by atoms with van der Waals surface area (Å²) in [5.74, 6) is 0.275. The summed E-state index contributed by atoms with van der Waals surface area (Å²) in [6.45, 7) is 1.88. The fourth-order valence-corrected chi connectivity index (χ4v) is 2.11. The number of hydrogen-bond acceptors (Lipinski definition) is 4. The maximum absolute atomic E-state index is 11.7. The average molecular weight is 363 g/mol. The van der Waals surface area contributed by atoms with Crippen LogP contribution in [0, 0.1) is 6.92 Å². The van der Waals surface area contributed by atoms with Crippen molar-refractivity contribution in [1.29, 1.82) is 0 Å². The van der Waals surface area contributed by atoms with Gasteiger partial charge >= 0.3 is 0 Å². The van der Waals surface area contributed by atoms with Crippen LogP contribution in [-0.2, 0) is 9.59 Å². The fourth-order valence-electron chi connectivity index (χ4n) is 1.92. The van der Waals surface area contributed by atoms with Gasteiger partial charge in [0.1, 0.15) is 11.5 Å². The molecule has 0 atom stereocenters. The van der Waals surface area contributed by atoms with Crippen LogP contribution in [0.15, 0.2) is 48.5 Å². The molecule has 0 aliphatic heterocycles. The summed E-state index contributed by atoms with van der Waals surface area (Å²) in [4.78, 5) is 23.3. The molecule has 2 aromatic carbocycles. The van der Waals surface area contributed by atoms with Crippen molar-refractivity contribution in [3.05, 3.63) is 59.1 Å². The Morgan fingerprint density at radius 2 is 1.56 bits per heavy atom. The second-order valence-corrected chi connectivity index (χ2v) is 5.59. The van der Waals surface area contributed by atoms with Gasteiger partial charge in [0, 0.05) is 0 Å². The molecule has 0 aromatic heterocycles. The molecule has 2 N–H and O–H groups in total. The van der Waals surface area contributed by atoms with E-state index >= 15 is 0 Å². The normalized spacial score (nSPS) is 10.0. The lowest BCUT2D eigenvalue weighted by Crippen LogP contribution is -2.44. The zero-order chi connectivity index (χ0) is 18.1. The van der Waals surface area contributed by atoms with Crippen LogP contribution in [0.3, 0.4) is 0 Å². The van der Waals surface area contributed by atoms with E-state index in [-0.39, 0.29) is 25.5 Å². The quantitative estimate of drug-likeness (QED) is 0.742. The topological polar surface area (TPSA) is 76.7 Å². The lowest BCUT2D eigenvalue weighted by atomic mass is 10.2. The number of carbonyl (C=O) groups excluding carboxylic acids is 2. The number of aryl methyl sites for hydroxylation is 1. The molecule has 6 nitrogen and oxygen atoms in total. The van der Waals surface area contributed by atoms with E-state index in [0.29, 0.717) is 10.8 Å². The summed E-state index contributed by atoms with van der Waals surface area (Å²) >= 11 is 5.91. The van der Waals surface area contributed by atoms with Gasteiger partial charge in [-0.1, -0.05) is 41.9 Å². The molecule has 0 radical (unpaired) electrons. The van der Waals surface area contributed by atoms with Crippen LogP contribution in [0.1, 0.15) is 12.0 Å². The highest BCUT2D eigenvalue weighted by molar-refractivity contribution is 6.32. The van der Waals surface area contributed by atoms with Gasteiger partial charge < -0.3 is 9.47 Å². The number of benzene rings is 2. The van der Waals surface area contributed by atoms with Gasteiger partial charge in [0.25, 0.3) is 5.91 Å². The molecule has 2 aromatic rings. The maximum Gasteiger partial charge on any atom is 0.276 e. The summed E-state index contributed by atoms with van der Waals surface area (Å²) < 4.78 is 10.8. The van der Waals surface area contributed by atoms with Gasteiger partial charge in [-0.3, -0.25) is 20.4 Å². The molecule has 2 amide bonds. The highest BCUT2D eigenvalue weighted by Crippen LogP contribution is 2.22. The number of amides is 2. The van der Waals surface area contributed by atoms with Crippen molar-refractivity contribution >= 4 is 23.4 Å². The summed E-state index contributed by atoms with van der Waals surface area (Å²) in [7, 11) is 0. The van der Waals surface area contributed by atoms with E-state index in [4.69, 9.17) is 21.1 Å². The molecule has 0 aliphatic rings. The Hall–Kier alpha value is -2.73. The fraction of sp³-hybridized carbons (Fsp3) is 0.222. The highest BCUT2D eigenvalue weighted by atomic mass is 35.5. The van der Waals surface area contributed by atoms with E-state index in [1.807, 2.05) is 31.2 Å². The number of carbonyl (C=O) groups is 2. The number of nitrogens with one attached hydrogen (secondary N) is 2. The van der Waals surface area contributed by atoms with Crippen molar-refractivity contribution < 1.29 is 19.1 Å². The predicted molar refractivity (Wildman–Crippen MR) is 94.5 cm³/mol. The van der Waals surface area contributed by atoms with Crippen LogP contribution in [0.5, 0.6) is 11.5 Å². The first-order valence-corrected chi connectivity index (χ1v) is 8.07. The number of hydrogen-bond donors (Lipinski definition) is 2. The van der Waals surface area contributed by atoms with E-state index in [9.17, 15) is 9.59 Å². The first-order valence-electron chi connectivity index (χ1n) is 7.69. The first kappa shape index (κ1) is 18.6. The Balaban J connectivity index is 1.63.